The zero-order chi connectivity index (χ0) is 24.6. The van der Waals surface area contributed by atoms with E-state index in [2.05, 4.69) is 76.2 Å². The maximum atomic E-state index is 7.88. The van der Waals surface area contributed by atoms with Crippen LogP contribution < -0.4 is 4.57 Å². The minimum absolute atomic E-state index is 0.0445. The molecule has 1 aromatic heterocycles. The summed E-state index contributed by atoms with van der Waals surface area (Å²) in [4.78, 5) is 0. The van der Waals surface area contributed by atoms with Gasteiger partial charge in [-0.1, -0.05) is 63.2 Å². The molecule has 0 fully saturated rings. The van der Waals surface area contributed by atoms with E-state index in [0.29, 0.717) is 11.5 Å². The fourth-order valence-electron chi connectivity index (χ4n) is 5.60. The largest absolute Gasteiger partial charge is 0.212 e. The predicted octanol–water partition coefficient (Wildman–Crippen LogP) is 7.32. The van der Waals surface area contributed by atoms with Crippen LogP contribution in [0.1, 0.15) is 58.6 Å². The first-order chi connectivity index (χ1) is 15.9. The molecule has 1 heteroatoms. The molecule has 1 heterocycles. The van der Waals surface area contributed by atoms with Gasteiger partial charge in [-0.15, -0.1) is 0 Å². The first-order valence-corrected chi connectivity index (χ1v) is 11.1. The van der Waals surface area contributed by atoms with Gasteiger partial charge >= 0.3 is 0 Å². The van der Waals surface area contributed by atoms with Crippen LogP contribution in [0.4, 0.5) is 0 Å². The predicted molar refractivity (Wildman–Crippen MR) is 132 cm³/mol. The van der Waals surface area contributed by atoms with Crippen molar-refractivity contribution in [1.29, 1.82) is 0 Å². The molecular formula is C30H32N+. The molecule has 0 N–H and O–H groups in total. The van der Waals surface area contributed by atoms with E-state index in [0.717, 1.165) is 16.8 Å². The summed E-state index contributed by atoms with van der Waals surface area (Å²) in [5.41, 5.74) is 10.1. The Bertz CT molecular complexity index is 1460. The molecule has 156 valence electrons. The molecule has 0 amide bonds. The summed E-state index contributed by atoms with van der Waals surface area (Å²) in [6.45, 7) is 9.06. The standard InChI is InChI=1S/C30H32N/c1-18-16-27(31(7)17-19(18)2)23-14-15-26-28-24(13-12-22-10-8-9-11-25(22)28)21(4)30(5,6)29(26)20(23)3/h8-17,21H,1-7H3/q+1/i2D3. The van der Waals surface area contributed by atoms with Crippen molar-refractivity contribution in [3.63, 3.8) is 0 Å². The van der Waals surface area contributed by atoms with E-state index in [1.54, 1.807) is 6.20 Å². The summed E-state index contributed by atoms with van der Waals surface area (Å²) in [7, 11) is 1.94. The lowest BCUT2D eigenvalue weighted by Crippen LogP contribution is -2.33. The number of aromatic nitrogens is 1. The van der Waals surface area contributed by atoms with Crippen LogP contribution in [0.2, 0.25) is 0 Å². The second kappa shape index (κ2) is 6.79. The monoisotopic (exact) mass is 409 g/mol. The Balaban J connectivity index is 1.81. The van der Waals surface area contributed by atoms with E-state index in [1.165, 1.54) is 38.6 Å². The van der Waals surface area contributed by atoms with Gasteiger partial charge < -0.3 is 0 Å². The summed E-state index contributed by atoms with van der Waals surface area (Å²) in [5, 5.41) is 2.57. The van der Waals surface area contributed by atoms with Crippen molar-refractivity contribution in [2.45, 2.75) is 52.8 Å². The smallest absolute Gasteiger partial charge is 0.201 e. The highest BCUT2D eigenvalue weighted by molar-refractivity contribution is 6.01. The SMILES string of the molecule is [2H]C([2H])([2H])c1c[n+](C)c(-c2ccc3c(c2C)C(C)(C)C(C)c2ccc4ccccc4c2-3)cc1C. The first-order valence-electron chi connectivity index (χ1n) is 12.6. The fraction of sp³-hybridized carbons (Fsp3) is 0.300. The molecule has 1 aliphatic carbocycles. The Hall–Kier alpha value is -2.93. The summed E-state index contributed by atoms with van der Waals surface area (Å²) in [6, 6.07) is 19.8. The molecule has 0 bridgehead atoms. The van der Waals surface area contributed by atoms with Crippen molar-refractivity contribution in [2.24, 2.45) is 7.05 Å². The second-order valence-electron chi connectivity index (χ2n) is 9.72. The van der Waals surface area contributed by atoms with Gasteiger partial charge in [-0.05, 0) is 82.3 Å². The number of aryl methyl sites for hydroxylation is 3. The average Bonchev–Trinajstić information content (AvgIpc) is 2.77. The quantitative estimate of drug-likeness (QED) is 0.290. The molecule has 0 saturated carbocycles. The van der Waals surface area contributed by atoms with E-state index in [4.69, 9.17) is 4.11 Å². The zero-order valence-corrected chi connectivity index (χ0v) is 19.3. The summed E-state index contributed by atoms with van der Waals surface area (Å²) >= 11 is 0. The van der Waals surface area contributed by atoms with E-state index < -0.39 is 6.85 Å². The topological polar surface area (TPSA) is 3.88 Å². The van der Waals surface area contributed by atoms with Crippen molar-refractivity contribution >= 4 is 10.8 Å². The molecule has 0 spiro atoms. The van der Waals surface area contributed by atoms with Crippen LogP contribution in [0.25, 0.3) is 33.2 Å². The van der Waals surface area contributed by atoms with Gasteiger partial charge in [0.05, 0.1) is 0 Å². The molecule has 0 saturated heterocycles. The molecular weight excluding hydrogens is 374 g/mol. The Morgan fingerprint density at radius 2 is 1.68 bits per heavy atom. The minimum atomic E-state index is -2.12. The van der Waals surface area contributed by atoms with E-state index >= 15 is 0 Å². The van der Waals surface area contributed by atoms with Gasteiger partial charge in [0.15, 0.2) is 6.20 Å². The molecule has 0 radical (unpaired) electrons. The third-order valence-corrected chi connectivity index (χ3v) is 7.65. The number of fused-ring (bicyclic) bond motifs is 5. The first kappa shape index (κ1) is 16.7. The third-order valence-electron chi connectivity index (χ3n) is 7.65. The molecule has 5 rings (SSSR count). The summed E-state index contributed by atoms with van der Waals surface area (Å²) < 4.78 is 25.6. The maximum Gasteiger partial charge on any atom is 0.212 e. The van der Waals surface area contributed by atoms with Gasteiger partial charge in [0, 0.05) is 21.3 Å². The Kier molecular flexibility index (Phi) is 3.66. The van der Waals surface area contributed by atoms with Crippen LogP contribution in [-0.2, 0) is 12.5 Å². The van der Waals surface area contributed by atoms with Gasteiger partial charge in [-0.25, -0.2) is 4.57 Å². The van der Waals surface area contributed by atoms with Crippen LogP contribution in [0.15, 0.2) is 60.8 Å². The third kappa shape index (κ3) is 2.79. The van der Waals surface area contributed by atoms with Gasteiger partial charge in [0.2, 0.25) is 5.69 Å². The van der Waals surface area contributed by atoms with Crippen molar-refractivity contribution in [1.82, 2.24) is 0 Å². The van der Waals surface area contributed by atoms with Crippen LogP contribution >= 0.6 is 0 Å². The number of hydrogen-bond acceptors (Lipinski definition) is 0. The van der Waals surface area contributed by atoms with Crippen LogP contribution in [0.3, 0.4) is 0 Å². The van der Waals surface area contributed by atoms with Crippen molar-refractivity contribution in [2.75, 3.05) is 0 Å². The van der Waals surface area contributed by atoms with E-state index in [-0.39, 0.29) is 5.41 Å². The fourth-order valence-corrected chi connectivity index (χ4v) is 5.60. The number of hydrogen-bond donors (Lipinski definition) is 0. The maximum absolute atomic E-state index is 7.88. The summed E-state index contributed by atoms with van der Waals surface area (Å²) in [5.74, 6) is 0.363. The molecule has 31 heavy (non-hydrogen) atoms. The van der Waals surface area contributed by atoms with E-state index in [9.17, 15) is 0 Å². The lowest BCUT2D eigenvalue weighted by Gasteiger charge is -2.42. The van der Waals surface area contributed by atoms with Crippen LogP contribution in [-0.4, -0.2) is 0 Å². The Morgan fingerprint density at radius 1 is 0.935 bits per heavy atom. The lowest BCUT2D eigenvalue weighted by atomic mass is 9.61. The molecule has 0 aliphatic heterocycles. The molecule has 1 atom stereocenters. The molecule has 1 nitrogen and oxygen atoms in total. The number of rotatable bonds is 1. The average molecular weight is 410 g/mol. The van der Waals surface area contributed by atoms with Crippen molar-refractivity contribution < 1.29 is 8.68 Å². The highest BCUT2D eigenvalue weighted by atomic mass is 14.9. The number of benzene rings is 3. The summed E-state index contributed by atoms with van der Waals surface area (Å²) in [6.07, 6.45) is 1.77. The van der Waals surface area contributed by atoms with Crippen molar-refractivity contribution in [3.8, 4) is 22.4 Å². The Morgan fingerprint density at radius 3 is 2.45 bits per heavy atom. The lowest BCUT2D eigenvalue weighted by molar-refractivity contribution is -0.660. The zero-order valence-electron chi connectivity index (χ0n) is 22.3. The highest BCUT2D eigenvalue weighted by Gasteiger charge is 2.40. The molecule has 1 unspecified atom stereocenters. The van der Waals surface area contributed by atoms with Crippen molar-refractivity contribution in [3.05, 3.63) is 88.6 Å². The van der Waals surface area contributed by atoms with Gasteiger partial charge in [-0.3, -0.25) is 0 Å². The highest BCUT2D eigenvalue weighted by Crippen LogP contribution is 2.54. The minimum Gasteiger partial charge on any atom is -0.201 e. The van der Waals surface area contributed by atoms with Gasteiger partial charge in [0.1, 0.15) is 7.05 Å². The molecule has 4 aromatic rings. The number of nitrogens with zero attached hydrogens (tertiary/aromatic N) is 1. The Labute approximate surface area is 190 Å². The molecule has 1 aliphatic rings. The van der Waals surface area contributed by atoms with Gasteiger partial charge in [-0.2, -0.15) is 0 Å². The van der Waals surface area contributed by atoms with Crippen LogP contribution in [0.5, 0.6) is 0 Å². The normalized spacial score (nSPS) is 18.6. The van der Waals surface area contributed by atoms with Crippen LogP contribution in [0, 0.1) is 20.7 Å². The van der Waals surface area contributed by atoms with Gasteiger partial charge in [0.25, 0.3) is 0 Å². The number of pyridine rings is 1. The van der Waals surface area contributed by atoms with E-state index in [1.807, 2.05) is 24.6 Å². The second-order valence-corrected chi connectivity index (χ2v) is 9.72. The molecule has 3 aromatic carbocycles.